The number of hydrogen-bond acceptors (Lipinski definition) is 2. The first-order valence-electron chi connectivity index (χ1n) is 6.16. The molecule has 1 atom stereocenters. The van der Waals surface area contributed by atoms with Crippen LogP contribution in [0.25, 0.3) is 0 Å². The minimum Gasteiger partial charge on any atom is -0.310 e. The number of hydrogen-bond donors (Lipinski definition) is 1. The summed E-state index contributed by atoms with van der Waals surface area (Å²) in [6.07, 6.45) is 3.14. The molecular formula is C13H25N3. The van der Waals surface area contributed by atoms with E-state index in [4.69, 9.17) is 0 Å². The Balaban J connectivity index is 3.09. The average molecular weight is 223 g/mol. The van der Waals surface area contributed by atoms with E-state index in [1.54, 1.807) is 0 Å². The molecule has 1 heterocycles. The highest BCUT2D eigenvalue weighted by Crippen LogP contribution is 2.34. The zero-order chi connectivity index (χ0) is 12.3. The number of rotatable bonds is 4. The van der Waals surface area contributed by atoms with Crippen LogP contribution in [-0.4, -0.2) is 16.3 Å². The van der Waals surface area contributed by atoms with Gasteiger partial charge in [0.2, 0.25) is 0 Å². The standard InChI is InChI=1S/C13H25N3/c1-7-11-10(9-16(6)15-11)12(14-8-2)13(3,4)5/h9,12,14H,7-8H2,1-6H3. The van der Waals surface area contributed by atoms with Gasteiger partial charge in [-0.2, -0.15) is 5.10 Å². The van der Waals surface area contributed by atoms with Crippen LogP contribution in [0, 0.1) is 5.41 Å². The van der Waals surface area contributed by atoms with E-state index in [0.717, 1.165) is 13.0 Å². The van der Waals surface area contributed by atoms with Crippen LogP contribution in [0.1, 0.15) is 51.9 Å². The molecule has 0 aliphatic rings. The smallest absolute Gasteiger partial charge is 0.0669 e. The van der Waals surface area contributed by atoms with Gasteiger partial charge in [-0.25, -0.2) is 0 Å². The lowest BCUT2D eigenvalue weighted by Gasteiger charge is -2.31. The van der Waals surface area contributed by atoms with Crippen molar-refractivity contribution in [3.63, 3.8) is 0 Å². The summed E-state index contributed by atoms with van der Waals surface area (Å²) in [7, 11) is 1.99. The summed E-state index contributed by atoms with van der Waals surface area (Å²) in [5.74, 6) is 0. The molecule has 0 saturated heterocycles. The van der Waals surface area contributed by atoms with Gasteiger partial charge in [-0.05, 0) is 18.4 Å². The minimum atomic E-state index is 0.211. The van der Waals surface area contributed by atoms with Crippen molar-refractivity contribution in [1.29, 1.82) is 0 Å². The Morgan fingerprint density at radius 1 is 1.38 bits per heavy atom. The van der Waals surface area contributed by atoms with Crippen molar-refractivity contribution < 1.29 is 0 Å². The first-order chi connectivity index (χ1) is 7.40. The molecule has 1 aromatic heterocycles. The van der Waals surface area contributed by atoms with Crippen LogP contribution in [0.2, 0.25) is 0 Å². The molecule has 3 nitrogen and oxygen atoms in total. The number of nitrogens with one attached hydrogen (secondary N) is 1. The molecule has 3 heteroatoms. The van der Waals surface area contributed by atoms with E-state index >= 15 is 0 Å². The highest BCUT2D eigenvalue weighted by Gasteiger charge is 2.28. The highest BCUT2D eigenvalue weighted by atomic mass is 15.3. The van der Waals surface area contributed by atoms with Crippen LogP contribution >= 0.6 is 0 Å². The Morgan fingerprint density at radius 2 is 2.00 bits per heavy atom. The molecule has 0 aliphatic carbocycles. The molecule has 0 aliphatic heterocycles. The average Bonchev–Trinajstić information content (AvgIpc) is 2.53. The van der Waals surface area contributed by atoms with Gasteiger partial charge < -0.3 is 5.32 Å². The van der Waals surface area contributed by atoms with E-state index in [1.807, 2.05) is 11.7 Å². The molecule has 0 bridgehead atoms. The summed E-state index contributed by atoms with van der Waals surface area (Å²) >= 11 is 0. The molecule has 0 aromatic carbocycles. The first kappa shape index (κ1) is 13.2. The normalized spacial score (nSPS) is 14.1. The first-order valence-corrected chi connectivity index (χ1v) is 6.16. The molecular weight excluding hydrogens is 198 g/mol. The van der Waals surface area contributed by atoms with Gasteiger partial charge in [-0.15, -0.1) is 0 Å². The molecule has 16 heavy (non-hydrogen) atoms. The van der Waals surface area contributed by atoms with Crippen molar-refractivity contribution >= 4 is 0 Å². The van der Waals surface area contributed by atoms with Gasteiger partial charge in [-0.3, -0.25) is 4.68 Å². The lowest BCUT2D eigenvalue weighted by Crippen LogP contribution is -2.32. The fourth-order valence-electron chi connectivity index (χ4n) is 2.16. The molecule has 1 N–H and O–H groups in total. The third-order valence-electron chi connectivity index (χ3n) is 2.86. The van der Waals surface area contributed by atoms with E-state index in [0.29, 0.717) is 6.04 Å². The number of nitrogens with zero attached hydrogens (tertiary/aromatic N) is 2. The number of aryl methyl sites for hydroxylation is 2. The maximum Gasteiger partial charge on any atom is 0.0669 e. The molecule has 0 fully saturated rings. The van der Waals surface area contributed by atoms with E-state index in [9.17, 15) is 0 Å². The summed E-state index contributed by atoms with van der Waals surface area (Å²) in [5, 5.41) is 8.10. The van der Waals surface area contributed by atoms with Crippen LogP contribution in [0.3, 0.4) is 0 Å². The monoisotopic (exact) mass is 223 g/mol. The predicted octanol–water partition coefficient (Wildman–Crippen LogP) is 2.68. The van der Waals surface area contributed by atoms with Crippen LogP contribution in [-0.2, 0) is 13.5 Å². The van der Waals surface area contributed by atoms with Gasteiger partial charge in [0.05, 0.1) is 5.69 Å². The Bertz CT molecular complexity index is 333. The second-order valence-corrected chi connectivity index (χ2v) is 5.42. The van der Waals surface area contributed by atoms with Gasteiger partial charge in [0.25, 0.3) is 0 Å². The zero-order valence-corrected chi connectivity index (χ0v) is 11.5. The van der Waals surface area contributed by atoms with Gasteiger partial charge >= 0.3 is 0 Å². The molecule has 1 unspecified atom stereocenters. The molecule has 1 aromatic rings. The molecule has 0 radical (unpaired) electrons. The van der Waals surface area contributed by atoms with E-state index in [-0.39, 0.29) is 5.41 Å². The third-order valence-corrected chi connectivity index (χ3v) is 2.86. The summed E-state index contributed by atoms with van der Waals surface area (Å²) < 4.78 is 1.92. The van der Waals surface area contributed by atoms with Crippen LogP contribution < -0.4 is 5.32 Å². The van der Waals surface area contributed by atoms with E-state index in [2.05, 4.69) is 51.2 Å². The predicted molar refractivity (Wildman–Crippen MR) is 68.5 cm³/mol. The fourth-order valence-corrected chi connectivity index (χ4v) is 2.16. The van der Waals surface area contributed by atoms with E-state index in [1.165, 1.54) is 11.3 Å². The lowest BCUT2D eigenvalue weighted by molar-refractivity contribution is 0.275. The summed E-state index contributed by atoms with van der Waals surface area (Å²) in [5.41, 5.74) is 2.77. The SMILES string of the molecule is CCNC(c1cn(C)nc1CC)C(C)(C)C. The molecule has 0 spiro atoms. The van der Waals surface area contributed by atoms with Gasteiger partial charge in [0.15, 0.2) is 0 Å². The third kappa shape index (κ3) is 2.85. The maximum atomic E-state index is 4.52. The van der Waals surface area contributed by atoms with Crippen molar-refractivity contribution in [3.05, 3.63) is 17.5 Å². The molecule has 0 saturated carbocycles. The van der Waals surface area contributed by atoms with Crippen LogP contribution in [0.4, 0.5) is 0 Å². The molecule has 0 amide bonds. The summed E-state index contributed by atoms with van der Waals surface area (Å²) in [6, 6.07) is 0.376. The van der Waals surface area contributed by atoms with E-state index < -0.39 is 0 Å². The van der Waals surface area contributed by atoms with Crippen molar-refractivity contribution in [2.24, 2.45) is 12.5 Å². The maximum absolute atomic E-state index is 4.52. The highest BCUT2D eigenvalue weighted by molar-refractivity contribution is 5.23. The van der Waals surface area contributed by atoms with Crippen molar-refractivity contribution in [3.8, 4) is 0 Å². The lowest BCUT2D eigenvalue weighted by atomic mass is 9.82. The molecule has 92 valence electrons. The van der Waals surface area contributed by atoms with Crippen molar-refractivity contribution in [2.45, 2.75) is 47.1 Å². The number of aromatic nitrogens is 2. The topological polar surface area (TPSA) is 29.9 Å². The second kappa shape index (κ2) is 5.00. The Morgan fingerprint density at radius 3 is 2.44 bits per heavy atom. The Labute approximate surface area is 99.2 Å². The van der Waals surface area contributed by atoms with Crippen molar-refractivity contribution in [1.82, 2.24) is 15.1 Å². The largest absolute Gasteiger partial charge is 0.310 e. The van der Waals surface area contributed by atoms with Gasteiger partial charge in [0, 0.05) is 24.8 Å². The Kier molecular flexibility index (Phi) is 4.14. The van der Waals surface area contributed by atoms with Crippen LogP contribution in [0.5, 0.6) is 0 Å². The zero-order valence-electron chi connectivity index (χ0n) is 11.5. The van der Waals surface area contributed by atoms with Crippen molar-refractivity contribution in [2.75, 3.05) is 6.54 Å². The van der Waals surface area contributed by atoms with Crippen LogP contribution in [0.15, 0.2) is 6.20 Å². The summed E-state index contributed by atoms with van der Waals surface area (Å²) in [6.45, 7) is 12.1. The fraction of sp³-hybridized carbons (Fsp3) is 0.769. The second-order valence-electron chi connectivity index (χ2n) is 5.42. The summed E-state index contributed by atoms with van der Waals surface area (Å²) in [4.78, 5) is 0. The minimum absolute atomic E-state index is 0.211. The molecule has 1 rings (SSSR count). The quantitative estimate of drug-likeness (QED) is 0.850. The Hall–Kier alpha value is -0.830. The van der Waals surface area contributed by atoms with Gasteiger partial charge in [-0.1, -0.05) is 34.6 Å². The van der Waals surface area contributed by atoms with Gasteiger partial charge in [0.1, 0.15) is 0 Å².